The van der Waals surface area contributed by atoms with Crippen molar-refractivity contribution in [2.45, 2.75) is 43.7 Å². The fourth-order valence-electron chi connectivity index (χ4n) is 4.84. The third-order valence-corrected chi connectivity index (χ3v) is 9.37. The number of hydrogen-bond donors (Lipinski definition) is 1. The molecule has 4 rings (SSSR count). The summed E-state index contributed by atoms with van der Waals surface area (Å²) in [5, 5.41) is 14.8. The Hall–Kier alpha value is -4.74. The smallest absolute Gasteiger partial charge is 0.269 e. The molecule has 0 aliphatic carbocycles. The summed E-state index contributed by atoms with van der Waals surface area (Å²) in [6.45, 7) is 1.75. The molecule has 0 heterocycles. The van der Waals surface area contributed by atoms with Crippen LogP contribution < -0.4 is 9.62 Å². The Labute approximate surface area is 273 Å². The molecule has 0 unspecified atom stereocenters. The van der Waals surface area contributed by atoms with Gasteiger partial charge in [-0.2, -0.15) is 0 Å². The molecule has 0 aliphatic rings. The van der Waals surface area contributed by atoms with Crippen molar-refractivity contribution >= 4 is 44.8 Å². The number of nitro benzene ring substituents is 1. The van der Waals surface area contributed by atoms with Gasteiger partial charge >= 0.3 is 0 Å². The van der Waals surface area contributed by atoms with Crippen LogP contribution in [-0.2, 0) is 32.6 Å². The molecule has 0 radical (unpaired) electrons. The second-order valence-electron chi connectivity index (χ2n) is 10.6. The minimum Gasteiger partial charge on any atom is -0.354 e. The van der Waals surface area contributed by atoms with Gasteiger partial charge in [-0.15, -0.1) is 0 Å². The van der Waals surface area contributed by atoms with E-state index in [-0.39, 0.29) is 35.1 Å². The van der Waals surface area contributed by atoms with E-state index in [1.807, 2.05) is 37.3 Å². The number of amides is 2. The van der Waals surface area contributed by atoms with Crippen LogP contribution in [0.4, 0.5) is 11.4 Å². The van der Waals surface area contributed by atoms with E-state index in [1.165, 1.54) is 41.3 Å². The van der Waals surface area contributed by atoms with Crippen LogP contribution in [0.5, 0.6) is 0 Å². The number of benzene rings is 4. The van der Waals surface area contributed by atoms with Crippen LogP contribution in [-0.4, -0.2) is 49.2 Å². The summed E-state index contributed by atoms with van der Waals surface area (Å²) in [6, 6.07) is 27.6. The van der Waals surface area contributed by atoms with E-state index in [4.69, 9.17) is 11.6 Å². The van der Waals surface area contributed by atoms with E-state index in [0.29, 0.717) is 17.1 Å². The lowest BCUT2D eigenvalue weighted by Gasteiger charge is -2.34. The molecule has 4 aromatic carbocycles. The molecular weight excluding hydrogens is 628 g/mol. The molecular formula is C34H35ClN4O6S. The van der Waals surface area contributed by atoms with E-state index >= 15 is 0 Å². The Kier molecular flexibility index (Phi) is 11.9. The minimum atomic E-state index is -4.32. The number of carbonyl (C=O) groups is 2. The zero-order chi connectivity index (χ0) is 33.1. The molecule has 2 amide bonds. The van der Waals surface area contributed by atoms with Crippen molar-refractivity contribution in [1.82, 2.24) is 10.2 Å². The van der Waals surface area contributed by atoms with Gasteiger partial charge in [0.15, 0.2) is 0 Å². The summed E-state index contributed by atoms with van der Waals surface area (Å²) in [6.07, 6.45) is 1.79. The maximum Gasteiger partial charge on any atom is 0.269 e. The third-order valence-electron chi connectivity index (χ3n) is 7.33. The fourth-order valence-corrected chi connectivity index (χ4v) is 6.40. The summed E-state index contributed by atoms with van der Waals surface area (Å²) < 4.78 is 28.9. The van der Waals surface area contributed by atoms with Crippen LogP contribution in [0, 0.1) is 10.1 Å². The Morgan fingerprint density at radius 1 is 0.870 bits per heavy atom. The zero-order valence-corrected chi connectivity index (χ0v) is 26.9. The molecule has 0 saturated heterocycles. The van der Waals surface area contributed by atoms with Crippen LogP contribution in [0.15, 0.2) is 114 Å². The van der Waals surface area contributed by atoms with E-state index in [9.17, 15) is 28.1 Å². The molecule has 1 N–H and O–H groups in total. The molecule has 12 heteroatoms. The topological polar surface area (TPSA) is 130 Å². The Morgan fingerprint density at radius 2 is 1.48 bits per heavy atom. The number of unbranched alkanes of at least 4 members (excludes halogenated alkanes) is 1. The summed E-state index contributed by atoms with van der Waals surface area (Å²) in [4.78, 5) is 40.2. The van der Waals surface area contributed by atoms with Crippen LogP contribution in [0.1, 0.15) is 30.9 Å². The summed E-state index contributed by atoms with van der Waals surface area (Å²) in [5.74, 6) is -1.01. The molecule has 0 saturated carbocycles. The number of hydrogen-bond acceptors (Lipinski definition) is 6. The molecule has 46 heavy (non-hydrogen) atoms. The number of nitrogens with one attached hydrogen (secondary N) is 1. The first-order valence-electron chi connectivity index (χ1n) is 14.8. The van der Waals surface area contributed by atoms with Crippen molar-refractivity contribution in [2.24, 2.45) is 0 Å². The van der Waals surface area contributed by atoms with Crippen molar-refractivity contribution in [3.63, 3.8) is 0 Å². The third kappa shape index (κ3) is 8.92. The van der Waals surface area contributed by atoms with Gasteiger partial charge in [0.2, 0.25) is 11.8 Å². The Bertz CT molecular complexity index is 1720. The fraction of sp³-hybridized carbons (Fsp3) is 0.235. The Morgan fingerprint density at radius 3 is 2.07 bits per heavy atom. The Balaban J connectivity index is 1.79. The predicted octanol–water partition coefficient (Wildman–Crippen LogP) is 6.00. The molecule has 4 aromatic rings. The van der Waals surface area contributed by atoms with Gasteiger partial charge in [-0.1, -0.05) is 85.6 Å². The highest BCUT2D eigenvalue weighted by Crippen LogP contribution is 2.27. The SMILES string of the molecule is CCCCNC(=O)[C@H](Cc1ccccc1)N(Cc1ccc(Cl)cc1)C(=O)CN(c1ccc([N+](=O)[O-])cc1)S(=O)(=O)c1ccccc1. The van der Waals surface area contributed by atoms with Gasteiger partial charge in [-0.25, -0.2) is 8.42 Å². The van der Waals surface area contributed by atoms with Gasteiger partial charge in [-0.3, -0.25) is 24.0 Å². The number of carbonyl (C=O) groups excluding carboxylic acids is 2. The summed E-state index contributed by atoms with van der Waals surface area (Å²) >= 11 is 6.12. The average Bonchev–Trinajstić information content (AvgIpc) is 3.07. The van der Waals surface area contributed by atoms with Crippen LogP contribution in [0.25, 0.3) is 0 Å². The molecule has 0 aliphatic heterocycles. The number of halogens is 1. The number of nitro groups is 1. The van der Waals surface area contributed by atoms with E-state index in [2.05, 4.69) is 5.32 Å². The molecule has 1 atom stereocenters. The van der Waals surface area contributed by atoms with E-state index < -0.39 is 33.4 Å². The van der Waals surface area contributed by atoms with Gasteiger partial charge in [0.05, 0.1) is 15.5 Å². The monoisotopic (exact) mass is 662 g/mol. The minimum absolute atomic E-state index is 0.00577. The maximum absolute atomic E-state index is 14.4. The number of anilines is 1. The molecule has 10 nitrogen and oxygen atoms in total. The zero-order valence-electron chi connectivity index (χ0n) is 25.3. The normalized spacial score (nSPS) is 11.8. The summed E-state index contributed by atoms with van der Waals surface area (Å²) in [5.41, 5.74) is 1.32. The first-order valence-corrected chi connectivity index (χ1v) is 16.6. The first kappa shape index (κ1) is 34.1. The molecule has 0 aromatic heterocycles. The van der Waals surface area contributed by atoms with Gasteiger partial charge in [0.25, 0.3) is 15.7 Å². The lowest BCUT2D eigenvalue weighted by molar-refractivity contribution is -0.384. The lowest BCUT2D eigenvalue weighted by atomic mass is 10.0. The van der Waals surface area contributed by atoms with Crippen molar-refractivity contribution in [3.8, 4) is 0 Å². The maximum atomic E-state index is 14.4. The van der Waals surface area contributed by atoms with Crippen molar-refractivity contribution in [2.75, 3.05) is 17.4 Å². The van der Waals surface area contributed by atoms with E-state index in [0.717, 1.165) is 22.7 Å². The number of rotatable bonds is 15. The van der Waals surface area contributed by atoms with Gasteiger partial charge in [0, 0.05) is 36.7 Å². The number of non-ortho nitro benzene ring substituents is 1. The van der Waals surface area contributed by atoms with E-state index in [1.54, 1.807) is 42.5 Å². The van der Waals surface area contributed by atoms with Crippen molar-refractivity contribution in [3.05, 3.63) is 135 Å². The highest BCUT2D eigenvalue weighted by atomic mass is 35.5. The first-order chi connectivity index (χ1) is 22.1. The molecule has 0 fully saturated rings. The average molecular weight is 663 g/mol. The summed E-state index contributed by atoms with van der Waals surface area (Å²) in [7, 11) is -4.32. The second kappa shape index (κ2) is 16.0. The lowest BCUT2D eigenvalue weighted by Crippen LogP contribution is -2.53. The quantitative estimate of drug-likeness (QED) is 0.0944. The van der Waals surface area contributed by atoms with Crippen LogP contribution in [0.3, 0.4) is 0 Å². The second-order valence-corrected chi connectivity index (χ2v) is 12.9. The van der Waals surface area contributed by atoms with Crippen molar-refractivity contribution < 1.29 is 22.9 Å². The van der Waals surface area contributed by atoms with Gasteiger partial charge < -0.3 is 10.2 Å². The predicted molar refractivity (Wildman–Crippen MR) is 178 cm³/mol. The highest BCUT2D eigenvalue weighted by Gasteiger charge is 2.34. The largest absolute Gasteiger partial charge is 0.354 e. The van der Waals surface area contributed by atoms with Crippen LogP contribution in [0.2, 0.25) is 5.02 Å². The van der Waals surface area contributed by atoms with Crippen molar-refractivity contribution in [1.29, 1.82) is 0 Å². The standard InChI is InChI=1S/C34H35ClN4O6S/c1-2-3-22-36-34(41)32(23-26-10-6-4-7-11-26)37(24-27-14-16-28(35)17-15-27)33(40)25-38(29-18-20-30(21-19-29)39(42)43)46(44,45)31-12-8-5-9-13-31/h4-21,32H,2-3,22-25H2,1H3,(H,36,41)/t32-/m0/s1. The number of nitrogens with zero attached hydrogens (tertiary/aromatic N) is 3. The van der Waals surface area contributed by atoms with Gasteiger partial charge in [0.1, 0.15) is 12.6 Å². The highest BCUT2D eigenvalue weighted by molar-refractivity contribution is 7.92. The van der Waals surface area contributed by atoms with Gasteiger partial charge in [-0.05, 0) is 53.9 Å². The molecule has 240 valence electrons. The molecule has 0 bridgehead atoms. The number of sulfonamides is 1. The van der Waals surface area contributed by atoms with Crippen LogP contribution >= 0.6 is 11.6 Å². The molecule has 0 spiro atoms.